The van der Waals surface area contributed by atoms with Crippen LogP contribution in [-0.2, 0) is 11.3 Å². The lowest BCUT2D eigenvalue weighted by Crippen LogP contribution is -1.93. The summed E-state index contributed by atoms with van der Waals surface area (Å²) in [5.74, 6) is 0. The summed E-state index contributed by atoms with van der Waals surface area (Å²) in [5.41, 5.74) is 3.90. The minimum absolute atomic E-state index is 0.691. The van der Waals surface area contributed by atoms with Gasteiger partial charge in [0.2, 0.25) is 0 Å². The smallest absolute Gasteiger partial charge is 0.0721 e. The second kappa shape index (κ2) is 8.71. The molecule has 0 saturated carbocycles. The molecule has 0 heterocycles. The number of hydrogen-bond acceptors (Lipinski definition) is 1. The highest BCUT2D eigenvalue weighted by Crippen LogP contribution is 2.10. The van der Waals surface area contributed by atoms with Crippen LogP contribution in [0.3, 0.4) is 0 Å². The van der Waals surface area contributed by atoms with Crippen molar-refractivity contribution in [2.45, 2.75) is 39.7 Å². The molecule has 1 rings (SSSR count). The Kier molecular flexibility index (Phi) is 7.12. The second-order valence-electron chi connectivity index (χ2n) is 4.86. The van der Waals surface area contributed by atoms with Gasteiger partial charge in [0, 0.05) is 0 Å². The van der Waals surface area contributed by atoms with Crippen LogP contribution >= 0.6 is 0 Å². The molecule has 0 spiro atoms. The van der Waals surface area contributed by atoms with Gasteiger partial charge >= 0.3 is 0 Å². The maximum absolute atomic E-state index is 5.62. The van der Waals surface area contributed by atoms with E-state index in [1.807, 2.05) is 18.2 Å². The lowest BCUT2D eigenvalue weighted by atomic mass is 10.1. The van der Waals surface area contributed by atoms with E-state index in [0.717, 1.165) is 12.8 Å². The zero-order valence-electron chi connectivity index (χ0n) is 11.6. The maximum Gasteiger partial charge on any atom is 0.0721 e. The van der Waals surface area contributed by atoms with E-state index in [0.29, 0.717) is 13.2 Å². The van der Waals surface area contributed by atoms with E-state index >= 15 is 0 Å². The number of benzene rings is 1. The van der Waals surface area contributed by atoms with E-state index in [1.165, 1.54) is 23.1 Å². The largest absolute Gasteiger partial charge is 0.373 e. The predicted molar refractivity (Wildman–Crippen MR) is 78.5 cm³/mol. The highest BCUT2D eigenvalue weighted by molar-refractivity contribution is 5.13. The summed E-state index contributed by atoms with van der Waals surface area (Å²) < 4.78 is 5.62. The zero-order valence-corrected chi connectivity index (χ0v) is 11.6. The molecule has 0 fully saturated rings. The second-order valence-corrected chi connectivity index (χ2v) is 4.86. The molecule has 98 valence electrons. The topological polar surface area (TPSA) is 9.23 Å². The van der Waals surface area contributed by atoms with E-state index in [1.54, 1.807) is 0 Å². The monoisotopic (exact) mass is 244 g/mol. The first-order valence-electron chi connectivity index (χ1n) is 6.60. The van der Waals surface area contributed by atoms with Gasteiger partial charge in [-0.1, -0.05) is 47.6 Å². The first kappa shape index (κ1) is 14.7. The Labute approximate surface area is 111 Å². The zero-order chi connectivity index (χ0) is 13.2. The molecular weight excluding hydrogens is 220 g/mol. The summed E-state index contributed by atoms with van der Waals surface area (Å²) in [6, 6.07) is 10.3. The highest BCUT2D eigenvalue weighted by atomic mass is 16.5. The van der Waals surface area contributed by atoms with Crippen molar-refractivity contribution < 1.29 is 4.74 Å². The summed E-state index contributed by atoms with van der Waals surface area (Å²) in [6.45, 7) is 9.57. The van der Waals surface area contributed by atoms with Crippen LogP contribution in [0.25, 0.3) is 0 Å². The van der Waals surface area contributed by atoms with Crippen LogP contribution in [0, 0.1) is 0 Å². The molecule has 1 aromatic rings. The summed E-state index contributed by atoms with van der Waals surface area (Å²) in [6.07, 6.45) is 5.63. The molecule has 0 aliphatic carbocycles. The Bertz CT molecular complexity index is 376. The molecule has 0 amide bonds. The molecule has 0 bridgehead atoms. The summed E-state index contributed by atoms with van der Waals surface area (Å²) in [5, 5.41) is 0. The fraction of sp³-hybridized carbons (Fsp3) is 0.412. The first-order chi connectivity index (χ1) is 8.68. The van der Waals surface area contributed by atoms with Gasteiger partial charge in [-0.25, -0.2) is 0 Å². The van der Waals surface area contributed by atoms with Gasteiger partial charge < -0.3 is 4.74 Å². The van der Waals surface area contributed by atoms with Crippen molar-refractivity contribution in [1.82, 2.24) is 0 Å². The average molecular weight is 244 g/mol. The standard InChI is InChI=1S/C17H24O/c1-15(2)8-7-9-16(3)12-13-18-14-17-10-5-4-6-11-17/h4-6,10-12H,1,7-9,13-14H2,2-3H3/b16-12+. The van der Waals surface area contributed by atoms with Crippen LogP contribution < -0.4 is 0 Å². The average Bonchev–Trinajstić information content (AvgIpc) is 2.35. The van der Waals surface area contributed by atoms with Gasteiger partial charge in [0.1, 0.15) is 0 Å². The van der Waals surface area contributed by atoms with Crippen molar-refractivity contribution in [1.29, 1.82) is 0 Å². The molecule has 0 unspecified atom stereocenters. The molecule has 0 saturated heterocycles. The molecule has 0 aromatic heterocycles. The van der Waals surface area contributed by atoms with Crippen molar-refractivity contribution in [2.75, 3.05) is 6.61 Å². The van der Waals surface area contributed by atoms with E-state index in [4.69, 9.17) is 4.74 Å². The molecule has 0 atom stereocenters. The normalized spacial score (nSPS) is 11.6. The highest BCUT2D eigenvalue weighted by Gasteiger charge is 1.93. The lowest BCUT2D eigenvalue weighted by Gasteiger charge is -2.04. The number of hydrogen-bond donors (Lipinski definition) is 0. The Morgan fingerprint density at radius 2 is 1.89 bits per heavy atom. The van der Waals surface area contributed by atoms with E-state index in [2.05, 4.69) is 38.6 Å². The lowest BCUT2D eigenvalue weighted by molar-refractivity contribution is 0.148. The molecule has 0 aliphatic heterocycles. The predicted octanol–water partition coefficient (Wildman–Crippen LogP) is 4.90. The van der Waals surface area contributed by atoms with Crippen LogP contribution in [-0.4, -0.2) is 6.61 Å². The van der Waals surface area contributed by atoms with Gasteiger partial charge in [-0.15, -0.1) is 6.58 Å². The van der Waals surface area contributed by atoms with Gasteiger partial charge in [0.15, 0.2) is 0 Å². The molecular formula is C17H24O. The van der Waals surface area contributed by atoms with Gasteiger partial charge in [-0.3, -0.25) is 0 Å². The van der Waals surface area contributed by atoms with Crippen molar-refractivity contribution in [3.63, 3.8) is 0 Å². The molecule has 0 N–H and O–H groups in total. The fourth-order valence-corrected chi connectivity index (χ4v) is 1.72. The van der Waals surface area contributed by atoms with Crippen LogP contribution in [0.15, 0.2) is 54.1 Å². The molecule has 18 heavy (non-hydrogen) atoms. The molecule has 1 aromatic carbocycles. The van der Waals surface area contributed by atoms with Crippen molar-refractivity contribution >= 4 is 0 Å². The van der Waals surface area contributed by atoms with Gasteiger partial charge in [-0.05, 0) is 38.7 Å². The van der Waals surface area contributed by atoms with E-state index in [-0.39, 0.29) is 0 Å². The Hall–Kier alpha value is -1.34. The van der Waals surface area contributed by atoms with E-state index < -0.39 is 0 Å². The van der Waals surface area contributed by atoms with Crippen LogP contribution in [0.1, 0.15) is 38.7 Å². The third-order valence-electron chi connectivity index (χ3n) is 2.84. The minimum atomic E-state index is 0.691. The fourth-order valence-electron chi connectivity index (χ4n) is 1.72. The van der Waals surface area contributed by atoms with Crippen LogP contribution in [0.5, 0.6) is 0 Å². The van der Waals surface area contributed by atoms with E-state index in [9.17, 15) is 0 Å². The van der Waals surface area contributed by atoms with Crippen molar-refractivity contribution in [2.24, 2.45) is 0 Å². The quantitative estimate of drug-likeness (QED) is 0.467. The maximum atomic E-state index is 5.62. The molecule has 0 aliphatic rings. The number of allylic oxidation sites excluding steroid dienone is 2. The number of ether oxygens (including phenoxy) is 1. The Morgan fingerprint density at radius 1 is 1.17 bits per heavy atom. The third-order valence-corrected chi connectivity index (χ3v) is 2.84. The first-order valence-corrected chi connectivity index (χ1v) is 6.60. The van der Waals surface area contributed by atoms with Crippen LogP contribution in [0.4, 0.5) is 0 Å². The van der Waals surface area contributed by atoms with Gasteiger partial charge in [0.25, 0.3) is 0 Å². The minimum Gasteiger partial charge on any atom is -0.373 e. The Balaban J connectivity index is 2.14. The summed E-state index contributed by atoms with van der Waals surface area (Å²) >= 11 is 0. The van der Waals surface area contributed by atoms with Crippen molar-refractivity contribution in [3.05, 3.63) is 59.7 Å². The van der Waals surface area contributed by atoms with Gasteiger partial charge in [-0.2, -0.15) is 0 Å². The summed E-state index contributed by atoms with van der Waals surface area (Å²) in [4.78, 5) is 0. The third kappa shape index (κ3) is 7.08. The Morgan fingerprint density at radius 3 is 2.56 bits per heavy atom. The van der Waals surface area contributed by atoms with Gasteiger partial charge in [0.05, 0.1) is 13.2 Å². The number of rotatable bonds is 8. The van der Waals surface area contributed by atoms with Crippen LogP contribution in [0.2, 0.25) is 0 Å². The molecule has 1 nitrogen and oxygen atoms in total. The van der Waals surface area contributed by atoms with Crippen molar-refractivity contribution in [3.8, 4) is 0 Å². The SMILES string of the molecule is C=C(C)CCC/C(C)=C/COCc1ccccc1. The molecule has 1 heteroatoms. The summed E-state index contributed by atoms with van der Waals surface area (Å²) in [7, 11) is 0. The molecule has 0 radical (unpaired) electrons.